The normalized spacial score (nSPS) is 21.6. The average molecular weight is 253 g/mol. The van der Waals surface area contributed by atoms with E-state index in [-0.39, 0.29) is 24.3 Å². The summed E-state index contributed by atoms with van der Waals surface area (Å²) in [5.74, 6) is -0.224. The number of amides is 4. The van der Waals surface area contributed by atoms with E-state index in [0.717, 1.165) is 12.8 Å². The van der Waals surface area contributed by atoms with Crippen LogP contribution in [0.3, 0.4) is 0 Å². The van der Waals surface area contributed by atoms with Crippen LogP contribution < -0.4 is 5.32 Å². The van der Waals surface area contributed by atoms with Crippen molar-refractivity contribution in [3.8, 4) is 0 Å². The van der Waals surface area contributed by atoms with E-state index in [1.54, 1.807) is 19.0 Å². The van der Waals surface area contributed by atoms with Gasteiger partial charge in [0.2, 0.25) is 5.91 Å². The van der Waals surface area contributed by atoms with Crippen LogP contribution in [0.4, 0.5) is 4.79 Å². The van der Waals surface area contributed by atoms with Gasteiger partial charge in [-0.15, -0.1) is 0 Å². The molecule has 0 aromatic carbocycles. The van der Waals surface area contributed by atoms with Crippen LogP contribution >= 0.6 is 0 Å². The maximum atomic E-state index is 11.9. The fourth-order valence-electron chi connectivity index (χ4n) is 2.80. The second-order valence-electron chi connectivity index (χ2n) is 5.19. The number of hydrogen-bond donors (Lipinski definition) is 1. The lowest BCUT2D eigenvalue weighted by atomic mass is 9.96. The van der Waals surface area contributed by atoms with Crippen LogP contribution in [0.25, 0.3) is 0 Å². The minimum Gasteiger partial charge on any atom is -0.349 e. The first-order valence-electron chi connectivity index (χ1n) is 6.30. The van der Waals surface area contributed by atoms with Crippen molar-refractivity contribution >= 4 is 17.8 Å². The Morgan fingerprint density at radius 1 is 1.33 bits per heavy atom. The SMILES string of the molecule is CN(C)C(=O)CCN1C(=O)NC(=O)C12CCCC2. The summed E-state index contributed by atoms with van der Waals surface area (Å²) < 4.78 is 0. The van der Waals surface area contributed by atoms with E-state index in [2.05, 4.69) is 5.32 Å². The second-order valence-corrected chi connectivity index (χ2v) is 5.19. The Hall–Kier alpha value is -1.59. The highest BCUT2D eigenvalue weighted by Gasteiger charge is 2.53. The summed E-state index contributed by atoms with van der Waals surface area (Å²) in [7, 11) is 3.37. The number of imide groups is 1. The maximum Gasteiger partial charge on any atom is 0.325 e. The molecular formula is C12H19N3O3. The molecule has 18 heavy (non-hydrogen) atoms. The van der Waals surface area contributed by atoms with Gasteiger partial charge in [0.25, 0.3) is 5.91 Å². The molecule has 1 aliphatic heterocycles. The van der Waals surface area contributed by atoms with Gasteiger partial charge in [0.15, 0.2) is 0 Å². The minimum atomic E-state index is -0.677. The number of urea groups is 1. The van der Waals surface area contributed by atoms with E-state index in [1.165, 1.54) is 4.90 Å². The molecule has 0 aromatic heterocycles. The molecule has 0 unspecified atom stereocenters. The van der Waals surface area contributed by atoms with Crippen molar-refractivity contribution in [2.24, 2.45) is 0 Å². The lowest BCUT2D eigenvalue weighted by molar-refractivity contribution is -0.130. The molecule has 6 heteroatoms. The smallest absolute Gasteiger partial charge is 0.325 e. The van der Waals surface area contributed by atoms with Gasteiger partial charge in [0, 0.05) is 27.1 Å². The van der Waals surface area contributed by atoms with Gasteiger partial charge in [0.05, 0.1) is 0 Å². The van der Waals surface area contributed by atoms with E-state index >= 15 is 0 Å². The van der Waals surface area contributed by atoms with Crippen molar-refractivity contribution in [2.75, 3.05) is 20.6 Å². The van der Waals surface area contributed by atoms with Crippen molar-refractivity contribution < 1.29 is 14.4 Å². The Labute approximate surface area is 106 Å². The zero-order valence-electron chi connectivity index (χ0n) is 10.9. The Bertz CT molecular complexity index is 386. The number of carbonyl (C=O) groups is 3. The number of nitrogens with one attached hydrogen (secondary N) is 1. The van der Waals surface area contributed by atoms with Gasteiger partial charge in [0.1, 0.15) is 5.54 Å². The molecule has 2 fully saturated rings. The zero-order valence-corrected chi connectivity index (χ0v) is 10.9. The van der Waals surface area contributed by atoms with E-state index in [4.69, 9.17) is 0 Å². The fraction of sp³-hybridized carbons (Fsp3) is 0.750. The number of carbonyl (C=O) groups excluding carboxylic acids is 3. The molecule has 1 aliphatic carbocycles. The molecule has 4 amide bonds. The van der Waals surface area contributed by atoms with E-state index < -0.39 is 5.54 Å². The summed E-state index contributed by atoms with van der Waals surface area (Å²) in [6.07, 6.45) is 3.59. The van der Waals surface area contributed by atoms with Crippen LogP contribution in [0, 0.1) is 0 Å². The third-order valence-electron chi connectivity index (χ3n) is 3.88. The molecule has 0 atom stereocenters. The molecule has 2 rings (SSSR count). The topological polar surface area (TPSA) is 69.7 Å². The second kappa shape index (κ2) is 4.59. The van der Waals surface area contributed by atoms with E-state index in [0.29, 0.717) is 19.4 Å². The van der Waals surface area contributed by atoms with Gasteiger partial charge in [-0.05, 0) is 12.8 Å². The summed E-state index contributed by atoms with van der Waals surface area (Å²) in [6, 6.07) is -0.353. The molecule has 1 spiro atoms. The van der Waals surface area contributed by atoms with E-state index in [9.17, 15) is 14.4 Å². The Morgan fingerprint density at radius 2 is 1.94 bits per heavy atom. The van der Waals surface area contributed by atoms with Gasteiger partial charge in [-0.25, -0.2) is 4.79 Å². The standard InChI is InChI=1S/C12H19N3O3/c1-14(2)9(16)5-8-15-11(18)13-10(17)12(15)6-3-4-7-12/h3-8H2,1-2H3,(H,13,17,18). The van der Waals surface area contributed by atoms with Crippen molar-refractivity contribution in [2.45, 2.75) is 37.6 Å². The van der Waals surface area contributed by atoms with Crippen LogP contribution in [0.2, 0.25) is 0 Å². The molecule has 1 N–H and O–H groups in total. The van der Waals surface area contributed by atoms with Crippen LogP contribution in [0.15, 0.2) is 0 Å². The molecule has 0 radical (unpaired) electrons. The van der Waals surface area contributed by atoms with Crippen LogP contribution in [0.5, 0.6) is 0 Å². The van der Waals surface area contributed by atoms with Gasteiger partial charge in [-0.3, -0.25) is 14.9 Å². The molecule has 1 saturated carbocycles. The molecule has 100 valence electrons. The highest BCUT2D eigenvalue weighted by molar-refractivity contribution is 6.07. The van der Waals surface area contributed by atoms with Gasteiger partial charge >= 0.3 is 6.03 Å². The molecule has 2 aliphatic rings. The van der Waals surface area contributed by atoms with Crippen LogP contribution in [-0.2, 0) is 9.59 Å². The zero-order chi connectivity index (χ0) is 13.3. The predicted molar refractivity (Wildman–Crippen MR) is 64.8 cm³/mol. The van der Waals surface area contributed by atoms with Gasteiger partial charge < -0.3 is 9.80 Å². The first kappa shape index (κ1) is 12.9. The van der Waals surface area contributed by atoms with Gasteiger partial charge in [-0.2, -0.15) is 0 Å². The van der Waals surface area contributed by atoms with Crippen molar-refractivity contribution in [3.63, 3.8) is 0 Å². The first-order valence-corrected chi connectivity index (χ1v) is 6.30. The molecule has 6 nitrogen and oxygen atoms in total. The molecule has 1 saturated heterocycles. The average Bonchev–Trinajstić information content (AvgIpc) is 2.86. The van der Waals surface area contributed by atoms with Crippen molar-refractivity contribution in [3.05, 3.63) is 0 Å². The quantitative estimate of drug-likeness (QED) is 0.737. The Morgan fingerprint density at radius 3 is 2.50 bits per heavy atom. The summed E-state index contributed by atoms with van der Waals surface area (Å²) >= 11 is 0. The summed E-state index contributed by atoms with van der Waals surface area (Å²) in [6.45, 7) is 0.314. The minimum absolute atomic E-state index is 0.0321. The lowest BCUT2D eigenvalue weighted by Gasteiger charge is -2.31. The number of rotatable bonds is 3. The molecule has 1 heterocycles. The van der Waals surface area contributed by atoms with Crippen LogP contribution in [-0.4, -0.2) is 53.8 Å². The molecule has 0 bridgehead atoms. The Balaban J connectivity index is 2.07. The Kier molecular flexibility index (Phi) is 3.28. The highest BCUT2D eigenvalue weighted by Crippen LogP contribution is 2.38. The maximum absolute atomic E-state index is 11.9. The summed E-state index contributed by atoms with van der Waals surface area (Å²) in [4.78, 5) is 38.4. The third kappa shape index (κ3) is 1.95. The fourth-order valence-corrected chi connectivity index (χ4v) is 2.80. The molecule has 0 aromatic rings. The van der Waals surface area contributed by atoms with Crippen molar-refractivity contribution in [1.82, 2.24) is 15.1 Å². The molecular weight excluding hydrogens is 234 g/mol. The summed E-state index contributed by atoms with van der Waals surface area (Å²) in [5.41, 5.74) is -0.677. The van der Waals surface area contributed by atoms with Crippen LogP contribution in [0.1, 0.15) is 32.1 Å². The number of hydrogen-bond acceptors (Lipinski definition) is 3. The third-order valence-corrected chi connectivity index (χ3v) is 3.88. The highest BCUT2D eigenvalue weighted by atomic mass is 16.2. The lowest BCUT2D eigenvalue weighted by Crippen LogP contribution is -2.48. The monoisotopic (exact) mass is 253 g/mol. The predicted octanol–water partition coefficient (Wildman–Crippen LogP) is 0.329. The van der Waals surface area contributed by atoms with E-state index in [1.807, 2.05) is 0 Å². The summed E-state index contributed by atoms with van der Waals surface area (Å²) in [5, 5.41) is 2.38. The van der Waals surface area contributed by atoms with Crippen molar-refractivity contribution in [1.29, 1.82) is 0 Å². The number of nitrogens with zero attached hydrogens (tertiary/aromatic N) is 2. The largest absolute Gasteiger partial charge is 0.349 e. The van der Waals surface area contributed by atoms with Gasteiger partial charge in [-0.1, -0.05) is 12.8 Å². The first-order chi connectivity index (χ1) is 8.47.